The smallest absolute Gasteiger partial charge is 0.0738 e. The third-order valence-corrected chi connectivity index (χ3v) is 2.40. The van der Waals surface area contributed by atoms with E-state index in [1.165, 1.54) is 0 Å². The van der Waals surface area contributed by atoms with E-state index in [9.17, 15) is 0 Å². The Morgan fingerprint density at radius 2 is 2.21 bits per heavy atom. The molecule has 0 saturated heterocycles. The van der Waals surface area contributed by atoms with Gasteiger partial charge in [-0.25, -0.2) is 0 Å². The molecule has 1 heterocycles. The molecule has 4 heteroatoms. The minimum atomic E-state index is 0.678. The summed E-state index contributed by atoms with van der Waals surface area (Å²) in [5.74, 6) is 5.44. The molecule has 0 bridgehead atoms. The number of fused-ring (bicyclic) bond motifs is 1. The molecule has 0 aliphatic carbocycles. The second-order valence-corrected chi connectivity index (χ2v) is 3.56. The van der Waals surface area contributed by atoms with E-state index in [1.807, 2.05) is 25.1 Å². The summed E-state index contributed by atoms with van der Waals surface area (Å²) in [4.78, 5) is 4.27. The van der Waals surface area contributed by atoms with Gasteiger partial charge in [-0.2, -0.15) is 0 Å². The fourth-order valence-corrected chi connectivity index (χ4v) is 1.62. The van der Waals surface area contributed by atoms with Crippen LogP contribution in [0, 0.1) is 6.92 Å². The Morgan fingerprint density at radius 3 is 2.93 bits per heavy atom. The van der Waals surface area contributed by atoms with E-state index in [-0.39, 0.29) is 0 Å². The van der Waals surface area contributed by atoms with Crippen LogP contribution in [0.25, 0.3) is 10.9 Å². The molecule has 1 aromatic carbocycles. The highest BCUT2D eigenvalue weighted by Gasteiger charge is 2.04. The monoisotopic (exact) mass is 207 g/mol. The quantitative estimate of drug-likeness (QED) is 0.558. The summed E-state index contributed by atoms with van der Waals surface area (Å²) in [6.45, 7) is 1.95. The van der Waals surface area contributed by atoms with Crippen LogP contribution in [-0.4, -0.2) is 4.98 Å². The van der Waals surface area contributed by atoms with E-state index in [0.29, 0.717) is 5.02 Å². The van der Waals surface area contributed by atoms with Gasteiger partial charge in [-0.15, -0.1) is 0 Å². The summed E-state index contributed by atoms with van der Waals surface area (Å²) >= 11 is 5.86. The van der Waals surface area contributed by atoms with E-state index < -0.39 is 0 Å². The second kappa shape index (κ2) is 3.44. The molecule has 0 aliphatic heterocycles. The number of aryl methyl sites for hydroxylation is 1. The van der Waals surface area contributed by atoms with Gasteiger partial charge in [0.1, 0.15) is 0 Å². The first kappa shape index (κ1) is 9.24. The van der Waals surface area contributed by atoms with Gasteiger partial charge in [-0.1, -0.05) is 11.6 Å². The van der Waals surface area contributed by atoms with Crippen LogP contribution in [0.5, 0.6) is 0 Å². The highest BCUT2D eigenvalue weighted by Crippen LogP contribution is 2.26. The van der Waals surface area contributed by atoms with Crippen molar-refractivity contribution in [3.05, 3.63) is 35.0 Å². The lowest BCUT2D eigenvalue weighted by Crippen LogP contribution is -2.09. The number of pyridine rings is 1. The Hall–Kier alpha value is -1.32. The maximum absolute atomic E-state index is 5.86. The Labute approximate surface area is 86.9 Å². The average Bonchev–Trinajstić information content (AvgIpc) is 2.18. The second-order valence-electron chi connectivity index (χ2n) is 3.12. The topological polar surface area (TPSA) is 50.9 Å². The number of rotatable bonds is 1. The van der Waals surface area contributed by atoms with E-state index in [4.69, 9.17) is 17.4 Å². The van der Waals surface area contributed by atoms with E-state index >= 15 is 0 Å². The van der Waals surface area contributed by atoms with Crippen molar-refractivity contribution in [3.63, 3.8) is 0 Å². The largest absolute Gasteiger partial charge is 0.323 e. The van der Waals surface area contributed by atoms with Crippen molar-refractivity contribution in [1.29, 1.82) is 0 Å². The molecule has 0 radical (unpaired) electrons. The highest BCUT2D eigenvalue weighted by molar-refractivity contribution is 6.31. The molecule has 0 aliphatic rings. The average molecular weight is 208 g/mol. The van der Waals surface area contributed by atoms with Crippen molar-refractivity contribution >= 4 is 28.2 Å². The molecular weight excluding hydrogens is 198 g/mol. The molecule has 0 spiro atoms. The van der Waals surface area contributed by atoms with E-state index in [1.54, 1.807) is 6.20 Å². The molecule has 0 fully saturated rings. The zero-order chi connectivity index (χ0) is 10.1. The van der Waals surface area contributed by atoms with Gasteiger partial charge in [0.05, 0.1) is 11.2 Å². The first-order chi connectivity index (χ1) is 6.72. The summed E-state index contributed by atoms with van der Waals surface area (Å²) in [5, 5.41) is 1.66. The number of nitrogens with two attached hydrogens (primary N) is 1. The Morgan fingerprint density at radius 1 is 1.43 bits per heavy atom. The van der Waals surface area contributed by atoms with Crippen LogP contribution in [0.4, 0.5) is 5.69 Å². The summed E-state index contributed by atoms with van der Waals surface area (Å²) in [6.07, 6.45) is 1.77. The minimum absolute atomic E-state index is 0.678. The third kappa shape index (κ3) is 1.41. The normalized spacial score (nSPS) is 10.5. The SMILES string of the molecule is Cc1cnc2cc(Cl)ccc2c1NN. The van der Waals surface area contributed by atoms with Crippen LogP contribution in [0.3, 0.4) is 0 Å². The van der Waals surface area contributed by atoms with Gasteiger partial charge < -0.3 is 5.43 Å². The summed E-state index contributed by atoms with van der Waals surface area (Å²) in [7, 11) is 0. The molecule has 2 rings (SSSR count). The van der Waals surface area contributed by atoms with Crippen molar-refractivity contribution in [2.45, 2.75) is 6.92 Å². The molecular formula is C10H10ClN3. The zero-order valence-electron chi connectivity index (χ0n) is 7.71. The first-order valence-electron chi connectivity index (χ1n) is 4.24. The molecule has 3 N–H and O–H groups in total. The molecule has 0 unspecified atom stereocenters. The van der Waals surface area contributed by atoms with Crippen LogP contribution < -0.4 is 11.3 Å². The maximum Gasteiger partial charge on any atom is 0.0738 e. The number of nitrogens with one attached hydrogen (secondary N) is 1. The van der Waals surface area contributed by atoms with E-state index in [0.717, 1.165) is 22.2 Å². The van der Waals surface area contributed by atoms with Crippen molar-refractivity contribution in [2.24, 2.45) is 5.84 Å². The Balaban J connectivity index is 2.82. The van der Waals surface area contributed by atoms with E-state index in [2.05, 4.69) is 10.4 Å². The molecule has 3 nitrogen and oxygen atoms in total. The first-order valence-corrected chi connectivity index (χ1v) is 4.61. The van der Waals surface area contributed by atoms with Crippen molar-refractivity contribution in [2.75, 3.05) is 5.43 Å². The van der Waals surface area contributed by atoms with Gasteiger partial charge >= 0.3 is 0 Å². The maximum atomic E-state index is 5.86. The number of nitrogens with zero attached hydrogens (tertiary/aromatic N) is 1. The Bertz CT molecular complexity index is 482. The number of hydrogen-bond acceptors (Lipinski definition) is 3. The number of halogens is 1. The van der Waals surface area contributed by atoms with Gasteiger partial charge in [-0.05, 0) is 30.7 Å². The number of hydrazine groups is 1. The Kier molecular flexibility index (Phi) is 2.27. The van der Waals surface area contributed by atoms with Gasteiger partial charge in [-0.3, -0.25) is 10.8 Å². The number of benzene rings is 1. The number of nitrogen functional groups attached to an aromatic ring is 1. The molecule has 0 amide bonds. The lowest BCUT2D eigenvalue weighted by molar-refractivity contribution is 1.28. The van der Waals surface area contributed by atoms with Crippen molar-refractivity contribution in [3.8, 4) is 0 Å². The third-order valence-electron chi connectivity index (χ3n) is 2.17. The summed E-state index contributed by atoms with van der Waals surface area (Å²) in [5.41, 5.74) is 5.43. The number of hydrogen-bond donors (Lipinski definition) is 2. The van der Waals surface area contributed by atoms with Crippen LogP contribution in [0.15, 0.2) is 24.4 Å². The lowest BCUT2D eigenvalue weighted by atomic mass is 10.1. The summed E-state index contributed by atoms with van der Waals surface area (Å²) in [6, 6.07) is 5.55. The van der Waals surface area contributed by atoms with Crippen LogP contribution >= 0.6 is 11.6 Å². The minimum Gasteiger partial charge on any atom is -0.323 e. The van der Waals surface area contributed by atoms with Crippen LogP contribution in [0.1, 0.15) is 5.56 Å². The molecule has 1 aromatic heterocycles. The predicted molar refractivity (Wildman–Crippen MR) is 59.3 cm³/mol. The van der Waals surface area contributed by atoms with Crippen molar-refractivity contribution in [1.82, 2.24) is 4.98 Å². The molecule has 0 atom stereocenters. The lowest BCUT2D eigenvalue weighted by Gasteiger charge is -2.08. The summed E-state index contributed by atoms with van der Waals surface area (Å²) < 4.78 is 0. The fourth-order valence-electron chi connectivity index (χ4n) is 1.46. The van der Waals surface area contributed by atoms with Gasteiger partial charge in [0.2, 0.25) is 0 Å². The zero-order valence-corrected chi connectivity index (χ0v) is 8.47. The number of aromatic nitrogens is 1. The van der Waals surface area contributed by atoms with Crippen LogP contribution in [-0.2, 0) is 0 Å². The predicted octanol–water partition coefficient (Wildman–Crippen LogP) is 2.48. The molecule has 14 heavy (non-hydrogen) atoms. The standard InChI is InChI=1S/C10H10ClN3/c1-6-5-13-9-4-7(11)2-3-8(9)10(6)14-12/h2-5H,12H2,1H3,(H,13,14). The van der Waals surface area contributed by atoms with Gasteiger partial charge in [0.15, 0.2) is 0 Å². The number of anilines is 1. The fraction of sp³-hybridized carbons (Fsp3) is 0.100. The van der Waals surface area contributed by atoms with Crippen molar-refractivity contribution < 1.29 is 0 Å². The molecule has 0 saturated carbocycles. The van der Waals surface area contributed by atoms with Gasteiger partial charge in [0, 0.05) is 16.6 Å². The molecule has 72 valence electrons. The van der Waals surface area contributed by atoms with Gasteiger partial charge in [0.25, 0.3) is 0 Å². The molecule has 2 aromatic rings. The highest BCUT2D eigenvalue weighted by atomic mass is 35.5. The van der Waals surface area contributed by atoms with Crippen LogP contribution in [0.2, 0.25) is 5.02 Å².